The summed E-state index contributed by atoms with van der Waals surface area (Å²) in [6, 6.07) is 12.4. The second-order valence-corrected chi connectivity index (χ2v) is 8.11. The van der Waals surface area contributed by atoms with Crippen molar-refractivity contribution in [2.75, 3.05) is 6.61 Å². The Labute approximate surface area is 184 Å². The Morgan fingerprint density at radius 1 is 1.07 bits per heavy atom. The highest BCUT2D eigenvalue weighted by Crippen LogP contribution is 2.18. The van der Waals surface area contributed by atoms with Gasteiger partial charge in [-0.3, -0.25) is 9.59 Å². The van der Waals surface area contributed by atoms with Crippen molar-refractivity contribution in [3.8, 4) is 5.75 Å². The highest BCUT2D eigenvalue weighted by molar-refractivity contribution is 6.30. The van der Waals surface area contributed by atoms with Crippen LogP contribution in [0.4, 0.5) is 0 Å². The van der Waals surface area contributed by atoms with Gasteiger partial charge >= 0.3 is 0 Å². The Kier molecular flexibility index (Phi) is 8.72. The molecule has 0 aliphatic heterocycles. The van der Waals surface area contributed by atoms with Gasteiger partial charge in [0.2, 0.25) is 5.91 Å². The number of rotatable bonds is 9. The minimum atomic E-state index is -0.634. The van der Waals surface area contributed by atoms with Gasteiger partial charge in [0, 0.05) is 17.6 Å². The van der Waals surface area contributed by atoms with E-state index in [2.05, 4.69) is 5.32 Å². The molecule has 0 aromatic heterocycles. The average Bonchev–Trinajstić information content (AvgIpc) is 2.73. The van der Waals surface area contributed by atoms with Crippen molar-refractivity contribution in [3.63, 3.8) is 0 Å². The zero-order valence-electron chi connectivity index (χ0n) is 18.4. The minimum Gasteiger partial charge on any atom is -0.484 e. The van der Waals surface area contributed by atoms with E-state index in [0.717, 1.165) is 23.1 Å². The number of carbonyl (C=O) groups excluding carboxylic acids is 2. The van der Waals surface area contributed by atoms with Gasteiger partial charge < -0.3 is 15.0 Å². The van der Waals surface area contributed by atoms with Crippen LogP contribution in [0.2, 0.25) is 5.02 Å². The molecule has 0 aliphatic rings. The first-order valence-electron chi connectivity index (χ1n) is 10.3. The lowest BCUT2D eigenvalue weighted by Gasteiger charge is -2.29. The molecule has 2 aromatic rings. The van der Waals surface area contributed by atoms with Gasteiger partial charge in [0.25, 0.3) is 5.91 Å². The molecule has 2 atom stereocenters. The van der Waals surface area contributed by atoms with Crippen LogP contribution in [0.25, 0.3) is 0 Å². The van der Waals surface area contributed by atoms with Crippen molar-refractivity contribution in [1.29, 1.82) is 0 Å². The molecule has 0 saturated carbocycles. The van der Waals surface area contributed by atoms with Crippen molar-refractivity contribution in [2.24, 2.45) is 0 Å². The molecule has 30 heavy (non-hydrogen) atoms. The Balaban J connectivity index is 2.15. The Morgan fingerprint density at radius 2 is 1.73 bits per heavy atom. The molecule has 0 saturated heterocycles. The Bertz CT molecular complexity index is 867. The normalized spacial score (nSPS) is 12.7. The van der Waals surface area contributed by atoms with Crippen LogP contribution in [0.3, 0.4) is 0 Å². The lowest BCUT2D eigenvalue weighted by molar-refractivity contribution is -0.142. The maximum absolute atomic E-state index is 13.0. The number of hydrogen-bond acceptors (Lipinski definition) is 3. The van der Waals surface area contributed by atoms with Gasteiger partial charge in [-0.2, -0.15) is 0 Å². The number of halogens is 1. The van der Waals surface area contributed by atoms with Crippen LogP contribution in [0.5, 0.6) is 5.75 Å². The topological polar surface area (TPSA) is 58.6 Å². The monoisotopic (exact) mass is 430 g/mol. The van der Waals surface area contributed by atoms with E-state index in [1.54, 1.807) is 24.0 Å². The van der Waals surface area contributed by atoms with E-state index >= 15 is 0 Å². The van der Waals surface area contributed by atoms with E-state index < -0.39 is 6.04 Å². The average molecular weight is 431 g/mol. The van der Waals surface area contributed by atoms with E-state index in [1.165, 1.54) is 0 Å². The van der Waals surface area contributed by atoms with Crippen LogP contribution < -0.4 is 10.1 Å². The molecular formula is C24H31ClN2O3. The van der Waals surface area contributed by atoms with Gasteiger partial charge in [-0.15, -0.1) is 0 Å². The van der Waals surface area contributed by atoms with Crippen LogP contribution in [0.1, 0.15) is 43.9 Å². The number of ether oxygens (including phenoxy) is 1. The summed E-state index contributed by atoms with van der Waals surface area (Å²) in [5.41, 5.74) is 3.15. The first-order valence-corrected chi connectivity index (χ1v) is 10.6. The molecule has 2 amide bonds. The van der Waals surface area contributed by atoms with Gasteiger partial charge in [-0.25, -0.2) is 0 Å². The van der Waals surface area contributed by atoms with Gasteiger partial charge in [-0.1, -0.05) is 36.7 Å². The molecule has 0 aliphatic carbocycles. The summed E-state index contributed by atoms with van der Waals surface area (Å²) in [5, 5.41) is 3.57. The fraction of sp³-hybridized carbons (Fsp3) is 0.417. The second-order valence-electron chi connectivity index (χ2n) is 7.68. The van der Waals surface area contributed by atoms with E-state index in [0.29, 0.717) is 17.3 Å². The molecule has 6 heteroatoms. The zero-order valence-corrected chi connectivity index (χ0v) is 19.1. The summed E-state index contributed by atoms with van der Waals surface area (Å²) in [7, 11) is 0. The van der Waals surface area contributed by atoms with Crippen LogP contribution in [0.15, 0.2) is 42.5 Å². The minimum absolute atomic E-state index is 0.0409. The Morgan fingerprint density at radius 3 is 2.33 bits per heavy atom. The quantitative estimate of drug-likeness (QED) is 0.629. The van der Waals surface area contributed by atoms with Crippen LogP contribution in [-0.2, 0) is 16.1 Å². The summed E-state index contributed by atoms with van der Waals surface area (Å²) in [4.78, 5) is 27.3. The lowest BCUT2D eigenvalue weighted by atomic mass is 10.1. The maximum Gasteiger partial charge on any atom is 0.261 e. The van der Waals surface area contributed by atoms with Crippen molar-refractivity contribution >= 4 is 23.4 Å². The van der Waals surface area contributed by atoms with Crippen LogP contribution in [0, 0.1) is 13.8 Å². The molecule has 0 fully saturated rings. The number of benzene rings is 2. The number of nitrogens with zero attached hydrogens (tertiary/aromatic N) is 1. The summed E-state index contributed by atoms with van der Waals surface area (Å²) in [5.74, 6) is 0.197. The first kappa shape index (κ1) is 23.7. The predicted octanol–water partition coefficient (Wildman–Crippen LogP) is 4.67. The number of hydrogen-bond donors (Lipinski definition) is 1. The highest BCUT2D eigenvalue weighted by atomic mass is 35.5. The number of carbonyl (C=O) groups is 2. The summed E-state index contributed by atoms with van der Waals surface area (Å²) in [6.45, 7) is 9.86. The zero-order chi connectivity index (χ0) is 22.3. The molecule has 0 radical (unpaired) electrons. The molecular weight excluding hydrogens is 400 g/mol. The SMILES string of the molecule is CCC(C)NC(=O)C(C)N(Cc1ccc(Cl)cc1)C(=O)COc1ccc(C)c(C)c1. The molecule has 2 aromatic carbocycles. The van der Waals surface area contributed by atoms with E-state index in [9.17, 15) is 9.59 Å². The van der Waals surface area contributed by atoms with Crippen molar-refractivity contribution in [1.82, 2.24) is 10.2 Å². The molecule has 1 N–H and O–H groups in total. The second kappa shape index (κ2) is 11.0. The maximum atomic E-state index is 13.0. The molecule has 0 spiro atoms. The summed E-state index contributed by atoms with van der Waals surface area (Å²) >= 11 is 5.97. The number of aryl methyl sites for hydroxylation is 2. The standard InChI is InChI=1S/C24H31ClN2O3/c1-6-18(4)26-24(29)19(5)27(14-20-8-10-21(25)11-9-20)23(28)15-30-22-12-7-16(2)17(3)13-22/h7-13,18-19H,6,14-15H2,1-5H3,(H,26,29). The van der Waals surface area contributed by atoms with Gasteiger partial charge in [-0.05, 0) is 75.1 Å². The van der Waals surface area contributed by atoms with Gasteiger partial charge in [0.15, 0.2) is 6.61 Å². The fourth-order valence-electron chi connectivity index (χ4n) is 2.87. The first-order chi connectivity index (χ1) is 14.2. The lowest BCUT2D eigenvalue weighted by Crippen LogP contribution is -2.50. The van der Waals surface area contributed by atoms with Crippen molar-refractivity contribution < 1.29 is 14.3 Å². The molecule has 0 heterocycles. The molecule has 2 unspecified atom stereocenters. The van der Waals surface area contributed by atoms with Gasteiger partial charge in [0.1, 0.15) is 11.8 Å². The molecule has 162 valence electrons. The van der Waals surface area contributed by atoms with E-state index in [-0.39, 0.29) is 24.5 Å². The smallest absolute Gasteiger partial charge is 0.261 e. The molecule has 5 nitrogen and oxygen atoms in total. The van der Waals surface area contributed by atoms with Crippen molar-refractivity contribution in [3.05, 3.63) is 64.2 Å². The highest BCUT2D eigenvalue weighted by Gasteiger charge is 2.27. The third-order valence-electron chi connectivity index (χ3n) is 5.28. The predicted molar refractivity (Wildman–Crippen MR) is 121 cm³/mol. The molecule has 2 rings (SSSR count). The molecule has 0 bridgehead atoms. The van der Waals surface area contributed by atoms with Gasteiger partial charge in [0.05, 0.1) is 0 Å². The van der Waals surface area contributed by atoms with Crippen LogP contribution >= 0.6 is 11.6 Å². The van der Waals surface area contributed by atoms with E-state index in [4.69, 9.17) is 16.3 Å². The van der Waals surface area contributed by atoms with Crippen LogP contribution in [-0.4, -0.2) is 35.4 Å². The van der Waals surface area contributed by atoms with E-state index in [1.807, 2.05) is 58.0 Å². The van der Waals surface area contributed by atoms with Crippen molar-refractivity contribution in [2.45, 2.75) is 59.7 Å². The third-order valence-corrected chi connectivity index (χ3v) is 5.53. The summed E-state index contributed by atoms with van der Waals surface area (Å²) < 4.78 is 5.73. The largest absolute Gasteiger partial charge is 0.484 e. The number of nitrogens with one attached hydrogen (secondary N) is 1. The third kappa shape index (κ3) is 6.77. The summed E-state index contributed by atoms with van der Waals surface area (Å²) in [6.07, 6.45) is 0.819. The fourth-order valence-corrected chi connectivity index (χ4v) is 2.99. The Hall–Kier alpha value is -2.53. The number of amides is 2.